The van der Waals surface area contributed by atoms with Crippen LogP contribution in [0.2, 0.25) is 0 Å². The van der Waals surface area contributed by atoms with Crippen molar-refractivity contribution in [3.8, 4) is 17.2 Å². The van der Waals surface area contributed by atoms with Crippen LogP contribution in [0.25, 0.3) is 0 Å². The minimum absolute atomic E-state index is 0.189. The van der Waals surface area contributed by atoms with E-state index in [0.717, 1.165) is 37.1 Å². The first-order valence-corrected chi connectivity index (χ1v) is 10.6. The molecule has 2 aliphatic rings. The van der Waals surface area contributed by atoms with E-state index in [4.69, 9.17) is 14.2 Å². The molecule has 1 aromatic heterocycles. The van der Waals surface area contributed by atoms with Crippen LogP contribution >= 0.6 is 11.3 Å². The quantitative estimate of drug-likeness (QED) is 0.642. The normalized spacial score (nSPS) is 16.1. The van der Waals surface area contributed by atoms with Crippen LogP contribution in [-0.4, -0.2) is 16.7 Å². The van der Waals surface area contributed by atoms with Gasteiger partial charge in [0, 0.05) is 35.5 Å². The van der Waals surface area contributed by atoms with Crippen LogP contribution in [0.3, 0.4) is 0 Å². The maximum absolute atomic E-state index is 12.6. The molecular weight excluding hydrogens is 388 g/mol. The van der Waals surface area contributed by atoms with Gasteiger partial charge in [-0.3, -0.25) is 4.79 Å². The number of carbonyl (C=O) groups is 1. The molecule has 29 heavy (non-hydrogen) atoms. The van der Waals surface area contributed by atoms with Crippen molar-refractivity contribution >= 4 is 22.9 Å². The van der Waals surface area contributed by atoms with Gasteiger partial charge in [-0.05, 0) is 49.2 Å². The van der Waals surface area contributed by atoms with Gasteiger partial charge in [-0.1, -0.05) is 0 Å². The second-order valence-electron chi connectivity index (χ2n) is 7.23. The third-order valence-corrected chi connectivity index (χ3v) is 5.78. The Balaban J connectivity index is 1.22. The van der Waals surface area contributed by atoms with E-state index < -0.39 is 5.79 Å². The van der Waals surface area contributed by atoms with E-state index in [9.17, 15) is 4.79 Å². The Kier molecular flexibility index (Phi) is 4.60. The second kappa shape index (κ2) is 7.40. The summed E-state index contributed by atoms with van der Waals surface area (Å²) in [5.74, 6) is 1.44. The molecule has 1 fully saturated rings. The number of carbonyl (C=O) groups excluding carboxylic acids is 1. The van der Waals surface area contributed by atoms with Crippen LogP contribution in [0.15, 0.2) is 53.4 Å². The highest BCUT2D eigenvalue weighted by molar-refractivity contribution is 7.07. The predicted octanol–water partition coefficient (Wildman–Crippen LogP) is 5.02. The standard InChI is InChI=1S/C22H20N2O4S/c25-21(15-3-6-18(7-4-15)26-12-17-13-29-14-23-17)24-16-5-8-19-20(11-16)28-22(27-19)9-1-2-10-22/h3-8,11,13-14H,1-2,9-10,12H2,(H,24,25). The molecule has 148 valence electrons. The summed E-state index contributed by atoms with van der Waals surface area (Å²) in [6, 6.07) is 12.6. The van der Waals surface area contributed by atoms with Crippen molar-refractivity contribution in [3.63, 3.8) is 0 Å². The number of aromatic nitrogens is 1. The van der Waals surface area contributed by atoms with Crippen molar-refractivity contribution in [2.24, 2.45) is 0 Å². The monoisotopic (exact) mass is 408 g/mol. The molecule has 5 rings (SSSR count). The number of rotatable bonds is 5. The highest BCUT2D eigenvalue weighted by atomic mass is 32.1. The van der Waals surface area contributed by atoms with Crippen LogP contribution in [0.5, 0.6) is 17.2 Å². The molecule has 0 saturated heterocycles. The first kappa shape index (κ1) is 18.0. The zero-order valence-corrected chi connectivity index (χ0v) is 16.5. The average molecular weight is 408 g/mol. The number of hydrogen-bond donors (Lipinski definition) is 1. The van der Waals surface area contributed by atoms with Gasteiger partial charge in [0.05, 0.1) is 11.2 Å². The van der Waals surface area contributed by atoms with Gasteiger partial charge in [0.25, 0.3) is 11.7 Å². The number of benzene rings is 2. The number of fused-ring (bicyclic) bond motifs is 1. The number of hydrogen-bond acceptors (Lipinski definition) is 6. The summed E-state index contributed by atoms with van der Waals surface area (Å²) in [7, 11) is 0. The second-order valence-corrected chi connectivity index (χ2v) is 7.95. The largest absolute Gasteiger partial charge is 0.487 e. The molecular formula is C22H20N2O4S. The highest BCUT2D eigenvalue weighted by Gasteiger charge is 2.44. The van der Waals surface area contributed by atoms with Gasteiger partial charge in [0.2, 0.25) is 0 Å². The molecule has 7 heteroatoms. The van der Waals surface area contributed by atoms with Gasteiger partial charge in [0.15, 0.2) is 11.5 Å². The van der Waals surface area contributed by atoms with Crippen molar-refractivity contribution in [2.45, 2.75) is 38.1 Å². The SMILES string of the molecule is O=C(Nc1ccc2c(c1)OC1(CCCC1)O2)c1ccc(OCc2cscn2)cc1. The number of nitrogens with one attached hydrogen (secondary N) is 1. The Hall–Kier alpha value is -3.06. The van der Waals surface area contributed by atoms with E-state index in [0.29, 0.717) is 29.4 Å². The molecule has 2 heterocycles. The fourth-order valence-corrected chi connectivity index (χ4v) is 4.20. The summed E-state index contributed by atoms with van der Waals surface area (Å²) >= 11 is 1.53. The smallest absolute Gasteiger partial charge is 0.255 e. The van der Waals surface area contributed by atoms with Crippen molar-refractivity contribution in [3.05, 3.63) is 64.6 Å². The van der Waals surface area contributed by atoms with E-state index >= 15 is 0 Å². The van der Waals surface area contributed by atoms with Gasteiger partial charge in [-0.2, -0.15) is 0 Å². The molecule has 1 aliphatic heterocycles. The van der Waals surface area contributed by atoms with E-state index in [2.05, 4.69) is 10.3 Å². The lowest BCUT2D eigenvalue weighted by atomic mass is 10.2. The summed E-state index contributed by atoms with van der Waals surface area (Å²) in [5, 5.41) is 4.86. The van der Waals surface area contributed by atoms with E-state index in [1.54, 1.807) is 29.8 Å². The Morgan fingerprint density at radius 1 is 1.10 bits per heavy atom. The van der Waals surface area contributed by atoms with Crippen LogP contribution < -0.4 is 19.5 Å². The summed E-state index contributed by atoms with van der Waals surface area (Å²) < 4.78 is 17.8. The summed E-state index contributed by atoms with van der Waals surface area (Å²) in [6.07, 6.45) is 4.03. The van der Waals surface area contributed by atoms with Gasteiger partial charge < -0.3 is 19.5 Å². The molecule has 2 aromatic carbocycles. The first-order valence-electron chi connectivity index (χ1n) is 9.63. The van der Waals surface area contributed by atoms with Crippen molar-refractivity contribution < 1.29 is 19.0 Å². The van der Waals surface area contributed by atoms with Gasteiger partial charge in [0.1, 0.15) is 12.4 Å². The predicted molar refractivity (Wildman–Crippen MR) is 110 cm³/mol. The lowest BCUT2D eigenvalue weighted by molar-refractivity contribution is -0.0716. The maximum Gasteiger partial charge on any atom is 0.255 e. The number of amides is 1. The Morgan fingerprint density at radius 2 is 1.90 bits per heavy atom. The summed E-state index contributed by atoms with van der Waals surface area (Å²) in [5.41, 5.74) is 3.89. The van der Waals surface area contributed by atoms with E-state index in [1.165, 1.54) is 11.3 Å². The van der Waals surface area contributed by atoms with Gasteiger partial charge in [-0.15, -0.1) is 11.3 Å². The maximum atomic E-state index is 12.6. The van der Waals surface area contributed by atoms with Crippen LogP contribution in [0, 0.1) is 0 Å². The Morgan fingerprint density at radius 3 is 2.66 bits per heavy atom. The number of anilines is 1. The third kappa shape index (κ3) is 3.78. The average Bonchev–Trinajstić information content (AvgIpc) is 3.48. The minimum Gasteiger partial charge on any atom is -0.487 e. The molecule has 0 atom stereocenters. The lowest BCUT2D eigenvalue weighted by Crippen LogP contribution is -2.34. The van der Waals surface area contributed by atoms with Gasteiger partial charge >= 0.3 is 0 Å². The zero-order valence-electron chi connectivity index (χ0n) is 15.7. The molecule has 1 amide bonds. The Bertz CT molecular complexity index is 1010. The molecule has 1 spiro atoms. The molecule has 0 radical (unpaired) electrons. The Labute approximate surface area is 172 Å². The molecule has 1 aliphatic carbocycles. The van der Waals surface area contributed by atoms with E-state index in [1.807, 2.05) is 23.6 Å². The van der Waals surface area contributed by atoms with E-state index in [-0.39, 0.29) is 5.91 Å². The van der Waals surface area contributed by atoms with Crippen LogP contribution in [-0.2, 0) is 6.61 Å². The number of nitrogens with zero attached hydrogens (tertiary/aromatic N) is 1. The molecule has 6 nitrogen and oxygen atoms in total. The highest BCUT2D eigenvalue weighted by Crippen LogP contribution is 2.47. The summed E-state index contributed by atoms with van der Waals surface area (Å²) in [4.78, 5) is 16.8. The first-order chi connectivity index (χ1) is 14.2. The number of thiazole rings is 1. The topological polar surface area (TPSA) is 69.7 Å². The molecule has 1 N–H and O–H groups in total. The van der Waals surface area contributed by atoms with Crippen LogP contribution in [0.4, 0.5) is 5.69 Å². The van der Waals surface area contributed by atoms with Crippen molar-refractivity contribution in [1.29, 1.82) is 0 Å². The van der Waals surface area contributed by atoms with Crippen molar-refractivity contribution in [1.82, 2.24) is 4.98 Å². The fraction of sp³-hybridized carbons (Fsp3) is 0.273. The van der Waals surface area contributed by atoms with Gasteiger partial charge in [-0.25, -0.2) is 4.98 Å². The molecule has 0 unspecified atom stereocenters. The lowest BCUT2D eigenvalue weighted by Gasteiger charge is -2.21. The van der Waals surface area contributed by atoms with Crippen LogP contribution in [0.1, 0.15) is 41.7 Å². The zero-order chi connectivity index (χ0) is 19.7. The summed E-state index contributed by atoms with van der Waals surface area (Å²) in [6.45, 7) is 0.410. The molecule has 1 saturated carbocycles. The number of ether oxygens (including phenoxy) is 3. The van der Waals surface area contributed by atoms with Crippen molar-refractivity contribution in [2.75, 3.05) is 5.32 Å². The fourth-order valence-electron chi connectivity index (χ4n) is 3.66. The minimum atomic E-state index is -0.501. The molecule has 0 bridgehead atoms. The molecule has 3 aromatic rings. The third-order valence-electron chi connectivity index (χ3n) is 5.15.